The first-order valence-electron chi connectivity index (χ1n) is 10.1. The minimum Gasteiger partial charge on any atom is -0.452 e. The Bertz CT molecular complexity index is 737. The van der Waals surface area contributed by atoms with Crippen molar-refractivity contribution in [3.63, 3.8) is 0 Å². The number of piperidine rings is 1. The van der Waals surface area contributed by atoms with Gasteiger partial charge in [0.25, 0.3) is 11.8 Å². The van der Waals surface area contributed by atoms with Gasteiger partial charge in [-0.1, -0.05) is 18.9 Å². The number of likely N-dealkylation sites (tertiary alicyclic amines) is 1. The van der Waals surface area contributed by atoms with E-state index in [1.54, 1.807) is 11.0 Å². The number of nitrogens with zero attached hydrogens (tertiary/aromatic N) is 1. The number of amides is 4. The number of rotatable bonds is 5. The molecule has 1 aromatic rings. The summed E-state index contributed by atoms with van der Waals surface area (Å²) in [4.78, 5) is 51.2. The lowest BCUT2D eigenvalue weighted by Crippen LogP contribution is -2.48. The minimum atomic E-state index is -1.05. The molecule has 2 heterocycles. The van der Waals surface area contributed by atoms with Gasteiger partial charge in [-0.15, -0.1) is 11.3 Å². The Kier molecular flexibility index (Phi) is 7.24. The van der Waals surface area contributed by atoms with Crippen molar-refractivity contribution in [1.82, 2.24) is 15.5 Å². The molecule has 2 N–H and O–H groups in total. The van der Waals surface area contributed by atoms with Gasteiger partial charge >= 0.3 is 12.0 Å². The fourth-order valence-corrected chi connectivity index (χ4v) is 4.39. The zero-order valence-corrected chi connectivity index (χ0v) is 17.3. The molecule has 0 bridgehead atoms. The molecule has 1 aliphatic carbocycles. The van der Waals surface area contributed by atoms with Crippen LogP contribution in [0.2, 0.25) is 0 Å². The summed E-state index contributed by atoms with van der Waals surface area (Å²) in [5.74, 6) is -1.48. The van der Waals surface area contributed by atoms with E-state index < -0.39 is 24.0 Å². The predicted octanol–water partition coefficient (Wildman–Crippen LogP) is 2.30. The molecular formula is C20H27N3O5S. The molecule has 3 rings (SSSR count). The molecule has 0 spiro atoms. The number of hydrogen-bond donors (Lipinski definition) is 2. The van der Waals surface area contributed by atoms with E-state index in [-0.39, 0.29) is 17.9 Å². The third kappa shape index (κ3) is 5.79. The van der Waals surface area contributed by atoms with Gasteiger partial charge in [-0.25, -0.2) is 4.79 Å². The summed E-state index contributed by atoms with van der Waals surface area (Å²) in [6.45, 7) is 2.40. The van der Waals surface area contributed by atoms with Gasteiger partial charge in [0.2, 0.25) is 0 Å². The number of esters is 1. The van der Waals surface area contributed by atoms with Gasteiger partial charge in [0.15, 0.2) is 6.10 Å². The van der Waals surface area contributed by atoms with Crippen LogP contribution in [0.15, 0.2) is 17.5 Å². The highest BCUT2D eigenvalue weighted by Crippen LogP contribution is 2.22. The van der Waals surface area contributed by atoms with Gasteiger partial charge in [-0.2, -0.15) is 0 Å². The maximum Gasteiger partial charge on any atom is 0.321 e. The molecule has 2 fully saturated rings. The van der Waals surface area contributed by atoms with E-state index >= 15 is 0 Å². The van der Waals surface area contributed by atoms with Crippen LogP contribution >= 0.6 is 11.3 Å². The number of thiophene rings is 1. The second-order valence-corrected chi connectivity index (χ2v) is 8.51. The summed E-state index contributed by atoms with van der Waals surface area (Å²) in [5, 5.41) is 6.85. The average molecular weight is 422 g/mol. The van der Waals surface area contributed by atoms with Crippen LogP contribution in [0.25, 0.3) is 0 Å². The molecule has 158 valence electrons. The van der Waals surface area contributed by atoms with Crippen LogP contribution in [-0.4, -0.2) is 54.0 Å². The second-order valence-electron chi connectivity index (χ2n) is 7.57. The zero-order chi connectivity index (χ0) is 20.8. The van der Waals surface area contributed by atoms with Crippen molar-refractivity contribution < 1.29 is 23.9 Å². The van der Waals surface area contributed by atoms with Crippen LogP contribution in [0.1, 0.15) is 55.1 Å². The van der Waals surface area contributed by atoms with E-state index in [4.69, 9.17) is 4.74 Å². The number of nitrogens with one attached hydrogen (secondary N) is 2. The molecule has 0 aromatic carbocycles. The third-order valence-corrected chi connectivity index (χ3v) is 6.29. The largest absolute Gasteiger partial charge is 0.452 e. The number of carbonyl (C=O) groups is 4. The van der Waals surface area contributed by atoms with E-state index in [1.807, 2.05) is 11.4 Å². The summed E-state index contributed by atoms with van der Waals surface area (Å²) in [6.07, 6.45) is 3.91. The van der Waals surface area contributed by atoms with Crippen LogP contribution in [0.4, 0.5) is 4.79 Å². The van der Waals surface area contributed by atoms with Gasteiger partial charge in [-0.3, -0.25) is 19.7 Å². The van der Waals surface area contributed by atoms with Gasteiger partial charge in [0, 0.05) is 19.1 Å². The average Bonchev–Trinajstić information content (AvgIpc) is 3.41. The minimum absolute atomic E-state index is 0.0205. The van der Waals surface area contributed by atoms with E-state index in [0.29, 0.717) is 30.8 Å². The lowest BCUT2D eigenvalue weighted by Gasteiger charge is -2.31. The normalized spacial score (nSPS) is 18.9. The molecule has 0 radical (unpaired) electrons. The molecular weight excluding hydrogens is 394 g/mol. The van der Waals surface area contributed by atoms with E-state index in [9.17, 15) is 19.2 Å². The number of ether oxygens (including phenoxy) is 1. The van der Waals surface area contributed by atoms with Gasteiger partial charge in [-0.05, 0) is 44.1 Å². The second kappa shape index (κ2) is 9.87. The molecule has 1 aliphatic heterocycles. The number of hydrogen-bond acceptors (Lipinski definition) is 6. The molecule has 1 atom stereocenters. The molecule has 29 heavy (non-hydrogen) atoms. The highest BCUT2D eigenvalue weighted by molar-refractivity contribution is 7.12. The van der Waals surface area contributed by atoms with Crippen LogP contribution in [-0.2, 0) is 14.3 Å². The van der Waals surface area contributed by atoms with Crippen LogP contribution in [0, 0.1) is 5.92 Å². The Balaban J connectivity index is 1.39. The van der Waals surface area contributed by atoms with Crippen molar-refractivity contribution in [3.8, 4) is 0 Å². The topological polar surface area (TPSA) is 105 Å². The lowest BCUT2D eigenvalue weighted by molar-refractivity contribution is -0.159. The molecule has 9 heteroatoms. The fourth-order valence-electron chi connectivity index (χ4n) is 3.70. The van der Waals surface area contributed by atoms with Crippen molar-refractivity contribution in [3.05, 3.63) is 22.4 Å². The van der Waals surface area contributed by atoms with Crippen molar-refractivity contribution in [2.24, 2.45) is 5.92 Å². The quantitative estimate of drug-likeness (QED) is 0.710. The van der Waals surface area contributed by atoms with Crippen LogP contribution in [0.5, 0.6) is 0 Å². The van der Waals surface area contributed by atoms with Crippen molar-refractivity contribution in [2.45, 2.75) is 57.6 Å². The number of urea groups is 1. The smallest absolute Gasteiger partial charge is 0.321 e. The molecule has 1 aromatic heterocycles. The number of carbonyl (C=O) groups excluding carboxylic acids is 4. The van der Waals surface area contributed by atoms with Gasteiger partial charge in [0.1, 0.15) is 0 Å². The zero-order valence-electron chi connectivity index (χ0n) is 16.5. The maximum absolute atomic E-state index is 12.4. The van der Waals surface area contributed by atoms with Crippen LogP contribution < -0.4 is 10.6 Å². The SMILES string of the molecule is C[C@H](OC(=O)C1CCN(C(=O)c2cccs2)CC1)C(=O)NC(=O)NC1CCCC1. The van der Waals surface area contributed by atoms with E-state index in [0.717, 1.165) is 25.7 Å². The van der Waals surface area contributed by atoms with Crippen molar-refractivity contribution in [1.29, 1.82) is 0 Å². The maximum atomic E-state index is 12.4. The molecule has 4 amide bonds. The molecule has 0 unspecified atom stereocenters. The van der Waals surface area contributed by atoms with Gasteiger partial charge in [0.05, 0.1) is 10.8 Å². The lowest BCUT2D eigenvalue weighted by atomic mass is 9.97. The first-order valence-corrected chi connectivity index (χ1v) is 11.0. The van der Waals surface area contributed by atoms with E-state index in [2.05, 4.69) is 10.6 Å². The summed E-state index contributed by atoms with van der Waals surface area (Å²) in [7, 11) is 0. The standard InChI is InChI=1S/C20H27N3O5S/c1-13(17(24)22-20(27)21-15-5-2-3-6-15)28-19(26)14-8-10-23(11-9-14)18(25)16-7-4-12-29-16/h4,7,12-15H,2-3,5-6,8-11H2,1H3,(H2,21,22,24,27)/t13-/m0/s1. The summed E-state index contributed by atoms with van der Waals surface area (Å²) in [6, 6.07) is 3.17. The van der Waals surface area contributed by atoms with E-state index in [1.165, 1.54) is 18.3 Å². The number of imide groups is 1. The molecule has 8 nitrogen and oxygen atoms in total. The third-order valence-electron chi connectivity index (χ3n) is 5.44. The summed E-state index contributed by atoms with van der Waals surface area (Å²) < 4.78 is 5.26. The van der Waals surface area contributed by atoms with Gasteiger partial charge < -0.3 is 15.0 Å². The first kappa shape index (κ1) is 21.3. The van der Waals surface area contributed by atoms with Crippen molar-refractivity contribution in [2.75, 3.05) is 13.1 Å². The highest BCUT2D eigenvalue weighted by Gasteiger charge is 2.31. The van der Waals surface area contributed by atoms with Crippen molar-refractivity contribution >= 4 is 35.2 Å². The molecule has 1 saturated carbocycles. The Morgan fingerprint density at radius 3 is 2.45 bits per heavy atom. The van der Waals surface area contributed by atoms with Crippen LogP contribution in [0.3, 0.4) is 0 Å². The Morgan fingerprint density at radius 1 is 1.14 bits per heavy atom. The first-order chi connectivity index (χ1) is 13.9. The molecule has 1 saturated heterocycles. The predicted molar refractivity (Wildman–Crippen MR) is 107 cm³/mol. The fraction of sp³-hybridized carbons (Fsp3) is 0.600. The Labute approximate surface area is 174 Å². The Hall–Kier alpha value is -2.42. The Morgan fingerprint density at radius 2 is 1.83 bits per heavy atom. The molecule has 2 aliphatic rings. The summed E-state index contributed by atoms with van der Waals surface area (Å²) >= 11 is 1.40. The summed E-state index contributed by atoms with van der Waals surface area (Å²) in [5.41, 5.74) is 0. The monoisotopic (exact) mass is 421 g/mol. The highest BCUT2D eigenvalue weighted by atomic mass is 32.1.